The third-order valence-electron chi connectivity index (χ3n) is 4.19. The number of amides is 2. The van der Waals surface area contributed by atoms with Gasteiger partial charge in [-0.1, -0.05) is 12.1 Å². The van der Waals surface area contributed by atoms with Gasteiger partial charge in [0.25, 0.3) is 0 Å². The Bertz CT molecular complexity index is 671. The van der Waals surface area contributed by atoms with Gasteiger partial charge < -0.3 is 15.0 Å². The lowest BCUT2D eigenvalue weighted by Gasteiger charge is -2.25. The van der Waals surface area contributed by atoms with Crippen LogP contribution in [0.2, 0.25) is 0 Å². The first-order valence-corrected chi connectivity index (χ1v) is 9.23. The van der Waals surface area contributed by atoms with Crippen LogP contribution in [0.1, 0.15) is 26.2 Å². The van der Waals surface area contributed by atoms with E-state index < -0.39 is 5.82 Å². The molecule has 1 aromatic rings. The number of carbonyl (C=O) groups excluding carboxylic acids is 2. The number of hydrogen-bond donors (Lipinski definition) is 1. The number of para-hydroxylation sites is 1. The Morgan fingerprint density at radius 3 is 2.61 bits per heavy atom. The van der Waals surface area contributed by atoms with Crippen molar-refractivity contribution in [3.05, 3.63) is 30.1 Å². The predicted molar refractivity (Wildman–Crippen MR) is 116 cm³/mol. The molecular weight excluding hydrogens is 478 g/mol. The van der Waals surface area contributed by atoms with E-state index in [0.717, 1.165) is 0 Å². The minimum Gasteiger partial charge on any atom is -0.489 e. The predicted octanol–water partition coefficient (Wildman–Crippen LogP) is 2.26. The molecule has 0 bridgehead atoms. The lowest BCUT2D eigenvalue weighted by Crippen LogP contribution is -2.43. The normalized spacial score (nSPS) is 14.5. The second kappa shape index (κ2) is 12.5. The molecule has 1 saturated heterocycles. The fourth-order valence-electron chi connectivity index (χ4n) is 2.74. The monoisotopic (exact) mass is 506 g/mol. The highest BCUT2D eigenvalue weighted by molar-refractivity contribution is 14.0. The number of imide groups is 1. The average molecular weight is 506 g/mol. The first-order chi connectivity index (χ1) is 13.0. The van der Waals surface area contributed by atoms with Gasteiger partial charge >= 0.3 is 0 Å². The van der Waals surface area contributed by atoms with Gasteiger partial charge in [0.05, 0.1) is 13.1 Å². The van der Waals surface area contributed by atoms with Crippen molar-refractivity contribution in [2.75, 3.05) is 39.8 Å². The molecule has 1 aliphatic rings. The van der Waals surface area contributed by atoms with Gasteiger partial charge in [-0.3, -0.25) is 19.5 Å². The maximum atomic E-state index is 13.6. The summed E-state index contributed by atoms with van der Waals surface area (Å²) in [7, 11) is 1.85. The van der Waals surface area contributed by atoms with E-state index >= 15 is 0 Å². The summed E-state index contributed by atoms with van der Waals surface area (Å²) in [5, 5.41) is 3.16. The zero-order chi connectivity index (χ0) is 19.6. The second-order valence-corrected chi connectivity index (χ2v) is 6.23. The topological polar surface area (TPSA) is 74.2 Å². The third kappa shape index (κ3) is 7.25. The molecule has 2 rings (SSSR count). The number of likely N-dealkylation sites (tertiary alicyclic amines) is 1. The molecule has 1 fully saturated rings. The molecule has 28 heavy (non-hydrogen) atoms. The SMILES string of the molecule is CCNC(=NCCN1C(=O)CCCC1=O)N(C)CCOc1ccccc1F.I. The van der Waals surface area contributed by atoms with Gasteiger partial charge in [-0.15, -0.1) is 24.0 Å². The maximum Gasteiger partial charge on any atom is 0.229 e. The summed E-state index contributed by atoms with van der Waals surface area (Å²) in [5.74, 6) is 0.217. The number of piperidine rings is 1. The zero-order valence-corrected chi connectivity index (χ0v) is 18.6. The van der Waals surface area contributed by atoms with E-state index in [2.05, 4.69) is 10.3 Å². The van der Waals surface area contributed by atoms with Crippen molar-refractivity contribution >= 4 is 41.8 Å². The Balaban J connectivity index is 0.00000392. The van der Waals surface area contributed by atoms with E-state index in [0.29, 0.717) is 51.5 Å². The minimum absolute atomic E-state index is 0. The van der Waals surface area contributed by atoms with Crippen molar-refractivity contribution < 1.29 is 18.7 Å². The first kappa shape index (κ1) is 24.1. The Hall–Kier alpha value is -1.91. The molecule has 1 N–H and O–H groups in total. The van der Waals surface area contributed by atoms with Gasteiger partial charge in [-0.25, -0.2) is 4.39 Å². The summed E-state index contributed by atoms with van der Waals surface area (Å²) in [6.07, 6.45) is 1.47. The molecule has 1 aromatic carbocycles. The lowest BCUT2D eigenvalue weighted by atomic mass is 10.1. The number of rotatable bonds is 8. The standard InChI is InChI=1S/C19H27FN4O3.HI/c1-3-21-19(22-11-12-24-17(25)9-6-10-18(24)26)23(2)13-14-27-16-8-5-4-7-15(16)20;/h4-5,7-8H,3,6,9-14H2,1-2H3,(H,21,22);1H. The first-order valence-electron chi connectivity index (χ1n) is 9.23. The third-order valence-corrected chi connectivity index (χ3v) is 4.19. The molecule has 0 aliphatic carbocycles. The van der Waals surface area contributed by atoms with Gasteiger partial charge in [0.15, 0.2) is 17.5 Å². The van der Waals surface area contributed by atoms with Crippen LogP contribution in [0.5, 0.6) is 5.75 Å². The molecule has 0 radical (unpaired) electrons. The van der Waals surface area contributed by atoms with Crippen molar-refractivity contribution in [2.24, 2.45) is 4.99 Å². The molecule has 1 aliphatic heterocycles. The lowest BCUT2D eigenvalue weighted by molar-refractivity contribution is -0.147. The molecule has 0 saturated carbocycles. The average Bonchev–Trinajstić information content (AvgIpc) is 2.64. The van der Waals surface area contributed by atoms with E-state index in [1.807, 2.05) is 18.9 Å². The number of carbonyl (C=O) groups is 2. The van der Waals surface area contributed by atoms with Crippen LogP contribution in [-0.2, 0) is 9.59 Å². The number of ether oxygens (including phenoxy) is 1. The van der Waals surface area contributed by atoms with Gasteiger partial charge in [-0.05, 0) is 25.5 Å². The Morgan fingerprint density at radius 1 is 1.29 bits per heavy atom. The fraction of sp³-hybridized carbons (Fsp3) is 0.526. The summed E-state index contributed by atoms with van der Waals surface area (Å²) < 4.78 is 19.0. The van der Waals surface area contributed by atoms with Crippen molar-refractivity contribution in [2.45, 2.75) is 26.2 Å². The molecule has 0 unspecified atom stereocenters. The van der Waals surface area contributed by atoms with Crippen molar-refractivity contribution in [3.63, 3.8) is 0 Å². The van der Waals surface area contributed by atoms with E-state index in [4.69, 9.17) is 4.74 Å². The summed E-state index contributed by atoms with van der Waals surface area (Å²) >= 11 is 0. The van der Waals surface area contributed by atoms with Gasteiger partial charge in [0, 0.05) is 33.0 Å². The number of likely N-dealkylation sites (N-methyl/N-ethyl adjacent to an activating group) is 1. The fourth-order valence-corrected chi connectivity index (χ4v) is 2.74. The molecule has 0 atom stereocenters. The number of nitrogens with zero attached hydrogens (tertiary/aromatic N) is 3. The van der Waals surface area contributed by atoms with E-state index in [9.17, 15) is 14.0 Å². The van der Waals surface area contributed by atoms with Crippen molar-refractivity contribution in [1.82, 2.24) is 15.1 Å². The summed E-state index contributed by atoms with van der Waals surface area (Å²) in [5.41, 5.74) is 0. The minimum atomic E-state index is -0.392. The van der Waals surface area contributed by atoms with E-state index in [1.165, 1.54) is 11.0 Å². The van der Waals surface area contributed by atoms with E-state index in [1.54, 1.807) is 18.2 Å². The molecule has 0 aromatic heterocycles. The molecule has 156 valence electrons. The Labute approximate surface area is 182 Å². The highest BCUT2D eigenvalue weighted by Gasteiger charge is 2.25. The number of halogens is 2. The quantitative estimate of drug-likeness (QED) is 0.254. The van der Waals surface area contributed by atoms with Crippen LogP contribution in [0.25, 0.3) is 0 Å². The maximum absolute atomic E-state index is 13.6. The molecule has 1 heterocycles. The van der Waals surface area contributed by atoms with Crippen LogP contribution in [0, 0.1) is 5.82 Å². The summed E-state index contributed by atoms with van der Waals surface area (Å²) in [6.45, 7) is 4.05. The van der Waals surface area contributed by atoms with Crippen LogP contribution in [0.3, 0.4) is 0 Å². The molecule has 2 amide bonds. The molecular formula is C19H28FIN4O3. The molecule has 0 spiro atoms. The Kier molecular flexibility index (Phi) is 10.8. The van der Waals surface area contributed by atoms with Crippen molar-refractivity contribution in [1.29, 1.82) is 0 Å². The highest BCUT2D eigenvalue weighted by atomic mass is 127. The number of nitrogens with one attached hydrogen (secondary N) is 1. The van der Waals surface area contributed by atoms with Crippen LogP contribution >= 0.6 is 24.0 Å². The zero-order valence-electron chi connectivity index (χ0n) is 16.3. The van der Waals surface area contributed by atoms with Gasteiger partial charge in [-0.2, -0.15) is 0 Å². The number of aliphatic imine (C=N–C) groups is 1. The van der Waals surface area contributed by atoms with Gasteiger partial charge in [0.2, 0.25) is 11.8 Å². The second-order valence-electron chi connectivity index (χ2n) is 6.23. The number of benzene rings is 1. The molecule has 9 heteroatoms. The van der Waals surface area contributed by atoms with Gasteiger partial charge in [0.1, 0.15) is 6.61 Å². The number of guanidine groups is 1. The van der Waals surface area contributed by atoms with Crippen molar-refractivity contribution in [3.8, 4) is 5.75 Å². The summed E-state index contributed by atoms with van der Waals surface area (Å²) in [6, 6.07) is 6.27. The smallest absolute Gasteiger partial charge is 0.229 e. The van der Waals surface area contributed by atoms with Crippen LogP contribution < -0.4 is 10.1 Å². The van der Waals surface area contributed by atoms with Crippen LogP contribution in [-0.4, -0.2) is 67.4 Å². The Morgan fingerprint density at radius 2 is 1.96 bits per heavy atom. The van der Waals surface area contributed by atoms with Crippen LogP contribution in [0.15, 0.2) is 29.3 Å². The van der Waals surface area contributed by atoms with E-state index in [-0.39, 0.29) is 48.1 Å². The highest BCUT2D eigenvalue weighted by Crippen LogP contribution is 2.15. The molecule has 7 nitrogen and oxygen atoms in total. The number of hydrogen-bond acceptors (Lipinski definition) is 4. The largest absolute Gasteiger partial charge is 0.489 e. The van der Waals surface area contributed by atoms with Crippen LogP contribution in [0.4, 0.5) is 4.39 Å². The summed E-state index contributed by atoms with van der Waals surface area (Å²) in [4.78, 5) is 31.3.